The highest BCUT2D eigenvalue weighted by Gasteiger charge is 2.28. The predicted octanol–water partition coefficient (Wildman–Crippen LogP) is 4.83. The highest BCUT2D eigenvalue weighted by atomic mass is 16.1. The number of rotatable bonds is 6. The van der Waals surface area contributed by atoms with Crippen LogP contribution in [-0.4, -0.2) is 20.7 Å². The number of para-hydroxylation sites is 1. The van der Waals surface area contributed by atoms with E-state index in [-0.39, 0.29) is 11.9 Å². The number of carbonyl (C=O) groups is 1. The zero-order chi connectivity index (χ0) is 19.8. The zero-order valence-electron chi connectivity index (χ0n) is 17.1. The summed E-state index contributed by atoms with van der Waals surface area (Å²) in [4.78, 5) is 18.1. The lowest BCUT2D eigenvalue weighted by molar-refractivity contribution is 0.0937. The van der Waals surface area contributed by atoms with Crippen LogP contribution in [0.5, 0.6) is 0 Å². The van der Waals surface area contributed by atoms with Crippen molar-refractivity contribution in [3.8, 4) is 0 Å². The van der Waals surface area contributed by atoms with Gasteiger partial charge in [0.2, 0.25) is 0 Å². The van der Waals surface area contributed by atoms with Crippen LogP contribution >= 0.6 is 0 Å². The van der Waals surface area contributed by atoms with Gasteiger partial charge < -0.3 is 5.32 Å². The summed E-state index contributed by atoms with van der Waals surface area (Å²) in [5.74, 6) is 0.473. The Bertz CT molecular complexity index is 1030. The molecule has 1 saturated carbocycles. The number of hydrogen-bond acceptors (Lipinski definition) is 3. The lowest BCUT2D eigenvalue weighted by Gasteiger charge is -2.19. The fraction of sp³-hybridized carbons (Fsp3) is 0.435. The largest absolute Gasteiger partial charge is 0.345 e. The third kappa shape index (κ3) is 3.30. The van der Waals surface area contributed by atoms with Crippen molar-refractivity contribution in [3.05, 3.63) is 58.5 Å². The second-order valence-electron chi connectivity index (χ2n) is 7.72. The molecule has 3 aromatic rings. The minimum atomic E-state index is -0.0518. The zero-order valence-corrected chi connectivity index (χ0v) is 17.1. The van der Waals surface area contributed by atoms with E-state index in [9.17, 15) is 4.79 Å². The molecule has 1 aromatic carbocycles. The van der Waals surface area contributed by atoms with Gasteiger partial charge in [-0.2, -0.15) is 5.10 Å². The van der Waals surface area contributed by atoms with E-state index in [1.807, 2.05) is 41.9 Å². The summed E-state index contributed by atoms with van der Waals surface area (Å²) in [6, 6.07) is 9.87. The van der Waals surface area contributed by atoms with Crippen molar-refractivity contribution in [1.82, 2.24) is 20.1 Å². The second-order valence-corrected chi connectivity index (χ2v) is 7.72. The maximum Gasteiger partial charge on any atom is 0.252 e. The van der Waals surface area contributed by atoms with Gasteiger partial charge in [-0.3, -0.25) is 14.5 Å². The van der Waals surface area contributed by atoms with Gasteiger partial charge in [0.05, 0.1) is 22.8 Å². The molecular weight excluding hydrogens is 348 g/mol. The molecule has 1 amide bonds. The Balaban J connectivity index is 1.70. The molecule has 0 bridgehead atoms. The van der Waals surface area contributed by atoms with Gasteiger partial charge in [-0.05, 0) is 52.2 Å². The maximum absolute atomic E-state index is 13.3. The van der Waals surface area contributed by atoms with Gasteiger partial charge >= 0.3 is 0 Å². The van der Waals surface area contributed by atoms with E-state index in [1.165, 1.54) is 12.8 Å². The Morgan fingerprint density at radius 1 is 1.25 bits per heavy atom. The minimum absolute atomic E-state index is 0.0320. The highest BCUT2D eigenvalue weighted by Crippen LogP contribution is 2.40. The average Bonchev–Trinajstić information content (AvgIpc) is 3.51. The van der Waals surface area contributed by atoms with Gasteiger partial charge in [0, 0.05) is 34.8 Å². The van der Waals surface area contributed by atoms with Gasteiger partial charge in [0.1, 0.15) is 0 Å². The quantitative estimate of drug-likeness (QED) is 0.670. The Kier molecular flexibility index (Phi) is 4.92. The van der Waals surface area contributed by atoms with E-state index in [0.29, 0.717) is 5.92 Å². The van der Waals surface area contributed by atoms with Crippen LogP contribution in [0.25, 0.3) is 10.9 Å². The van der Waals surface area contributed by atoms with Crippen molar-refractivity contribution >= 4 is 16.8 Å². The van der Waals surface area contributed by atoms with Crippen LogP contribution < -0.4 is 5.32 Å². The molecule has 28 heavy (non-hydrogen) atoms. The number of nitrogens with one attached hydrogen (secondary N) is 1. The number of pyridine rings is 1. The molecule has 5 nitrogen and oxygen atoms in total. The van der Waals surface area contributed by atoms with E-state index in [1.54, 1.807) is 0 Å². The SMILES string of the molecule is CC[C@@H](NC(=O)c1cc(C2CC2)nc2ccccc12)c1c(C)nn(CC)c1C. The van der Waals surface area contributed by atoms with Gasteiger partial charge in [0.15, 0.2) is 0 Å². The lowest BCUT2D eigenvalue weighted by atomic mass is 10.0. The van der Waals surface area contributed by atoms with Crippen LogP contribution in [0.15, 0.2) is 30.3 Å². The lowest BCUT2D eigenvalue weighted by Crippen LogP contribution is -2.29. The number of amides is 1. The number of aryl methyl sites for hydroxylation is 2. The predicted molar refractivity (Wildman–Crippen MR) is 112 cm³/mol. The first-order valence-electron chi connectivity index (χ1n) is 10.3. The molecule has 0 spiro atoms. The van der Waals surface area contributed by atoms with Gasteiger partial charge in [0.25, 0.3) is 5.91 Å². The summed E-state index contributed by atoms with van der Waals surface area (Å²) in [6.07, 6.45) is 3.15. The number of aromatic nitrogens is 3. The highest BCUT2D eigenvalue weighted by molar-refractivity contribution is 6.06. The normalized spacial score (nSPS) is 15.0. The van der Waals surface area contributed by atoms with Crippen molar-refractivity contribution in [3.63, 3.8) is 0 Å². The molecular formula is C23H28N4O. The molecule has 0 radical (unpaired) electrons. The Morgan fingerprint density at radius 2 is 2.00 bits per heavy atom. The molecule has 4 rings (SSSR count). The summed E-state index contributed by atoms with van der Waals surface area (Å²) >= 11 is 0. The fourth-order valence-electron chi connectivity index (χ4n) is 4.11. The number of fused-ring (bicyclic) bond motifs is 1. The van der Waals surface area contributed by atoms with Gasteiger partial charge in [-0.1, -0.05) is 25.1 Å². The molecule has 1 aliphatic carbocycles. The Labute approximate surface area is 166 Å². The molecule has 146 valence electrons. The minimum Gasteiger partial charge on any atom is -0.345 e. The fourth-order valence-corrected chi connectivity index (χ4v) is 4.11. The van der Waals surface area contributed by atoms with E-state index < -0.39 is 0 Å². The van der Waals surface area contributed by atoms with Crippen LogP contribution in [0.4, 0.5) is 0 Å². The molecule has 2 heterocycles. The average molecular weight is 377 g/mol. The van der Waals surface area contributed by atoms with Crippen LogP contribution in [0.1, 0.15) is 78.1 Å². The maximum atomic E-state index is 13.3. The molecule has 0 aliphatic heterocycles. The van der Waals surface area contributed by atoms with E-state index >= 15 is 0 Å². The summed E-state index contributed by atoms with van der Waals surface area (Å²) in [5.41, 5.74) is 5.93. The standard InChI is InChI=1S/C23H28N4O/c1-5-19(22-14(3)26-27(6-2)15(22)4)25-23(28)18-13-21(16-11-12-16)24-20-10-8-7-9-17(18)20/h7-10,13,16,19H,5-6,11-12H2,1-4H3,(H,25,28)/t19-/m1/s1. The van der Waals surface area contributed by atoms with E-state index in [2.05, 4.69) is 31.2 Å². The van der Waals surface area contributed by atoms with Crippen LogP contribution in [0.3, 0.4) is 0 Å². The molecule has 0 unspecified atom stereocenters. The summed E-state index contributed by atoms with van der Waals surface area (Å²) in [5, 5.41) is 8.82. The van der Waals surface area contributed by atoms with Crippen LogP contribution in [-0.2, 0) is 6.54 Å². The number of carbonyl (C=O) groups excluding carboxylic acids is 1. The van der Waals surface area contributed by atoms with Crippen molar-refractivity contribution in [2.24, 2.45) is 0 Å². The van der Waals surface area contributed by atoms with Gasteiger partial charge in [-0.25, -0.2) is 0 Å². The Morgan fingerprint density at radius 3 is 2.64 bits per heavy atom. The monoisotopic (exact) mass is 376 g/mol. The number of hydrogen-bond donors (Lipinski definition) is 1. The molecule has 1 atom stereocenters. The first-order valence-corrected chi connectivity index (χ1v) is 10.3. The van der Waals surface area contributed by atoms with Crippen molar-refractivity contribution in [1.29, 1.82) is 0 Å². The molecule has 0 saturated heterocycles. The van der Waals surface area contributed by atoms with Crippen molar-refractivity contribution < 1.29 is 4.79 Å². The van der Waals surface area contributed by atoms with Crippen LogP contribution in [0.2, 0.25) is 0 Å². The Hall–Kier alpha value is -2.69. The summed E-state index contributed by atoms with van der Waals surface area (Å²) in [6.45, 7) is 9.13. The number of benzene rings is 1. The number of nitrogens with zero attached hydrogens (tertiary/aromatic N) is 3. The first kappa shape index (κ1) is 18.7. The molecule has 5 heteroatoms. The van der Waals surface area contributed by atoms with Crippen molar-refractivity contribution in [2.45, 2.75) is 65.5 Å². The van der Waals surface area contributed by atoms with E-state index in [0.717, 1.165) is 52.1 Å². The molecule has 1 N–H and O–H groups in total. The second kappa shape index (κ2) is 7.38. The van der Waals surface area contributed by atoms with Gasteiger partial charge in [-0.15, -0.1) is 0 Å². The van der Waals surface area contributed by atoms with E-state index in [4.69, 9.17) is 4.98 Å². The summed E-state index contributed by atoms with van der Waals surface area (Å²) < 4.78 is 2.01. The third-order valence-corrected chi connectivity index (χ3v) is 5.78. The molecule has 1 aliphatic rings. The van der Waals surface area contributed by atoms with Crippen LogP contribution in [0, 0.1) is 13.8 Å². The van der Waals surface area contributed by atoms with Crippen molar-refractivity contribution in [2.75, 3.05) is 0 Å². The molecule has 2 aromatic heterocycles. The molecule has 1 fully saturated rings. The smallest absolute Gasteiger partial charge is 0.252 e. The topological polar surface area (TPSA) is 59.8 Å². The first-order chi connectivity index (χ1) is 13.5. The summed E-state index contributed by atoms with van der Waals surface area (Å²) in [7, 11) is 0. The third-order valence-electron chi connectivity index (χ3n) is 5.78.